The molecule has 44 heavy (non-hydrogen) atoms. The summed E-state index contributed by atoms with van der Waals surface area (Å²) in [5.74, 6) is -5.89. The van der Waals surface area contributed by atoms with Crippen LogP contribution in [0.2, 0.25) is 0 Å². The van der Waals surface area contributed by atoms with E-state index in [-0.39, 0.29) is 47.1 Å². The normalized spacial score (nSPS) is 22.8. The average molecular weight is 643 g/mol. The molecule has 0 spiro atoms. The average Bonchev–Trinajstić information content (AvgIpc) is 2.93. The van der Waals surface area contributed by atoms with Crippen LogP contribution in [0.15, 0.2) is 46.6 Å². The van der Waals surface area contributed by atoms with Crippen LogP contribution < -0.4 is 10.6 Å². The highest BCUT2D eigenvalue weighted by molar-refractivity contribution is 7.99. The van der Waals surface area contributed by atoms with Crippen molar-refractivity contribution in [3.05, 3.63) is 64.6 Å². The predicted octanol–water partition coefficient (Wildman–Crippen LogP) is 5.65. The lowest BCUT2D eigenvalue weighted by atomic mass is 9.88. The van der Waals surface area contributed by atoms with Gasteiger partial charge in [0.1, 0.15) is 17.5 Å². The summed E-state index contributed by atoms with van der Waals surface area (Å²) in [6.07, 6.45) is -5.37. The molecule has 6 rings (SSSR count). The van der Waals surface area contributed by atoms with E-state index in [1.54, 1.807) is 0 Å². The summed E-state index contributed by atoms with van der Waals surface area (Å²) in [4.78, 5) is 33.1. The molecule has 3 aliphatic heterocycles. The Bertz CT molecular complexity index is 1730. The van der Waals surface area contributed by atoms with Crippen LogP contribution in [-0.4, -0.2) is 70.9 Å². The van der Waals surface area contributed by atoms with Crippen molar-refractivity contribution in [2.45, 2.75) is 48.0 Å². The summed E-state index contributed by atoms with van der Waals surface area (Å²) >= 11 is 0.972. The van der Waals surface area contributed by atoms with Crippen LogP contribution in [0, 0.1) is 11.6 Å². The first kappa shape index (κ1) is 30.4. The highest BCUT2D eigenvalue weighted by atomic mass is 32.2. The fraction of sp³-hybridized carbons (Fsp3) is 0.414. The number of carbonyl (C=O) groups excluding carboxylic acids is 1. The molecule has 0 aliphatic carbocycles. The molecule has 0 N–H and O–H groups in total. The molecular formula is C29H25F7N4O3S. The van der Waals surface area contributed by atoms with Crippen molar-refractivity contribution in [3.63, 3.8) is 0 Å². The summed E-state index contributed by atoms with van der Waals surface area (Å²) in [5.41, 5.74) is -3.05. The summed E-state index contributed by atoms with van der Waals surface area (Å²) in [6.45, 7) is 3.02. The summed E-state index contributed by atoms with van der Waals surface area (Å²) < 4.78 is 109. The first-order chi connectivity index (χ1) is 20.7. The molecule has 2 saturated heterocycles. The summed E-state index contributed by atoms with van der Waals surface area (Å²) in [7, 11) is 1.40. The van der Waals surface area contributed by atoms with E-state index in [1.165, 1.54) is 21.5 Å². The molecule has 7 nitrogen and oxygen atoms in total. The number of fused-ring (bicyclic) bond motifs is 2. The van der Waals surface area contributed by atoms with Crippen LogP contribution in [0.5, 0.6) is 0 Å². The summed E-state index contributed by atoms with van der Waals surface area (Å²) in [6, 6.07) is 0.326. The van der Waals surface area contributed by atoms with E-state index in [0.29, 0.717) is 6.07 Å². The fourth-order valence-electron chi connectivity index (χ4n) is 6.62. The van der Waals surface area contributed by atoms with E-state index in [4.69, 9.17) is 4.74 Å². The maximum atomic E-state index is 15.1. The fourth-order valence-corrected chi connectivity index (χ4v) is 7.94. The number of hydrogen-bond acceptors (Lipinski definition) is 6. The Balaban J connectivity index is 1.62. The Hall–Kier alpha value is -3.59. The molecule has 1 aromatic heterocycles. The Morgan fingerprint density at radius 2 is 1.86 bits per heavy atom. The van der Waals surface area contributed by atoms with Gasteiger partial charge in [-0.05, 0) is 24.3 Å². The van der Waals surface area contributed by atoms with Gasteiger partial charge in [0, 0.05) is 66.3 Å². The van der Waals surface area contributed by atoms with E-state index in [0.717, 1.165) is 36.0 Å². The first-order valence-electron chi connectivity index (χ1n) is 13.6. The van der Waals surface area contributed by atoms with Gasteiger partial charge in [-0.1, -0.05) is 6.58 Å². The van der Waals surface area contributed by atoms with Crippen molar-refractivity contribution in [2.75, 3.05) is 37.5 Å². The van der Waals surface area contributed by atoms with Gasteiger partial charge in [-0.25, -0.2) is 22.4 Å². The van der Waals surface area contributed by atoms with Gasteiger partial charge in [-0.15, -0.1) is 11.8 Å². The topological polar surface area (TPSA) is 67.7 Å². The van der Waals surface area contributed by atoms with Gasteiger partial charge in [-0.3, -0.25) is 9.36 Å². The molecule has 2 unspecified atom stereocenters. The Morgan fingerprint density at radius 1 is 1.18 bits per heavy atom. The number of benzene rings is 2. The quantitative estimate of drug-likeness (QED) is 0.265. The highest BCUT2D eigenvalue weighted by Gasteiger charge is 2.51. The first-order valence-corrected chi connectivity index (χ1v) is 14.6. The van der Waals surface area contributed by atoms with Crippen LogP contribution in [0.25, 0.3) is 22.0 Å². The zero-order valence-corrected chi connectivity index (χ0v) is 24.0. The number of rotatable bonds is 5. The summed E-state index contributed by atoms with van der Waals surface area (Å²) in [5, 5.41) is -0.0974. The van der Waals surface area contributed by atoms with Crippen molar-refractivity contribution >= 4 is 34.4 Å². The standard InChI is InChI=1S/C29H25F7N4O3S/c1-3-22(41)39-15-8-28(32,33)9-16(39)11-38(10-15)26-19-7-20(29(34,35)36)23(18-5-4-14(30)6-21(18)31)25-24(19)40(27(42)37-26)17(12-43-2)13-44-25/h3-7,15-17H,1,8-13H2,2H3/t15?,16?,17-/m0/s1. The molecule has 234 valence electrons. The molecule has 4 heterocycles. The van der Waals surface area contributed by atoms with Crippen LogP contribution in [0.1, 0.15) is 24.4 Å². The minimum atomic E-state index is -5.02. The molecule has 1 amide bonds. The Labute approximate surface area is 250 Å². The predicted molar refractivity (Wildman–Crippen MR) is 149 cm³/mol. The number of hydrogen-bond donors (Lipinski definition) is 0. The molecule has 2 fully saturated rings. The lowest BCUT2D eigenvalue weighted by Crippen LogP contribution is -2.66. The molecule has 15 heteroatoms. The number of thioether (sulfide) groups is 1. The maximum Gasteiger partial charge on any atom is 0.417 e. The minimum absolute atomic E-state index is 0.0192. The van der Waals surface area contributed by atoms with E-state index in [1.807, 2.05) is 0 Å². The van der Waals surface area contributed by atoms with Gasteiger partial charge < -0.3 is 14.5 Å². The number of ether oxygens (including phenoxy) is 1. The van der Waals surface area contributed by atoms with Gasteiger partial charge >= 0.3 is 11.9 Å². The second-order valence-corrected chi connectivity index (χ2v) is 12.1. The number of anilines is 1. The third kappa shape index (κ3) is 5.03. The van der Waals surface area contributed by atoms with Gasteiger partial charge in [-0.2, -0.15) is 18.2 Å². The van der Waals surface area contributed by atoms with Gasteiger partial charge in [0.15, 0.2) is 0 Å². The zero-order chi connectivity index (χ0) is 31.7. The Kier molecular flexibility index (Phi) is 7.46. The number of methoxy groups -OCH3 is 1. The van der Waals surface area contributed by atoms with E-state index in [9.17, 15) is 35.9 Å². The van der Waals surface area contributed by atoms with Crippen LogP contribution >= 0.6 is 11.8 Å². The SMILES string of the molecule is C=CC(=O)N1C2CN(c3nc(=O)n4c5c(c(-c6ccc(F)cc6F)c(C(F)(F)F)cc35)SC[C@@H]4COC)CC1CC(F)(F)C2. The molecule has 3 aromatic rings. The van der Waals surface area contributed by atoms with Gasteiger partial charge in [0.25, 0.3) is 5.92 Å². The number of halogens is 7. The number of piperazine rings is 1. The largest absolute Gasteiger partial charge is 0.417 e. The second-order valence-electron chi connectivity index (χ2n) is 11.1. The smallest absolute Gasteiger partial charge is 0.383 e. The van der Waals surface area contributed by atoms with Crippen LogP contribution in [-0.2, 0) is 15.7 Å². The number of alkyl halides is 5. The van der Waals surface area contributed by atoms with Crippen molar-refractivity contribution in [3.8, 4) is 11.1 Å². The van der Waals surface area contributed by atoms with Crippen molar-refractivity contribution < 1.29 is 40.3 Å². The van der Waals surface area contributed by atoms with E-state index < -0.39 is 83.0 Å². The number of nitrogens with zero attached hydrogens (tertiary/aromatic N) is 4. The minimum Gasteiger partial charge on any atom is -0.383 e. The Morgan fingerprint density at radius 3 is 2.45 bits per heavy atom. The van der Waals surface area contributed by atoms with E-state index in [2.05, 4.69) is 11.6 Å². The van der Waals surface area contributed by atoms with Crippen molar-refractivity contribution in [2.24, 2.45) is 0 Å². The zero-order valence-electron chi connectivity index (χ0n) is 23.1. The lowest BCUT2D eigenvalue weighted by molar-refractivity contribution is -0.148. The van der Waals surface area contributed by atoms with Crippen molar-refractivity contribution in [1.29, 1.82) is 0 Å². The molecule has 0 saturated carbocycles. The van der Waals surface area contributed by atoms with E-state index >= 15 is 4.39 Å². The highest BCUT2D eigenvalue weighted by Crippen LogP contribution is 2.51. The number of aromatic nitrogens is 2. The van der Waals surface area contributed by atoms with Crippen LogP contribution in [0.4, 0.5) is 36.6 Å². The number of carbonyl (C=O) groups is 1. The molecular weight excluding hydrogens is 617 g/mol. The number of amides is 1. The van der Waals surface area contributed by atoms with Crippen molar-refractivity contribution in [1.82, 2.24) is 14.5 Å². The lowest BCUT2D eigenvalue weighted by Gasteiger charge is -2.52. The van der Waals surface area contributed by atoms with Gasteiger partial charge in [0.05, 0.1) is 35.8 Å². The molecule has 3 atom stereocenters. The number of piperidine rings is 1. The molecule has 2 aromatic carbocycles. The molecule has 2 bridgehead atoms. The third-order valence-corrected chi connectivity index (χ3v) is 9.48. The second kappa shape index (κ2) is 10.8. The molecule has 0 radical (unpaired) electrons. The van der Waals surface area contributed by atoms with Gasteiger partial charge in [0.2, 0.25) is 5.91 Å². The maximum absolute atomic E-state index is 15.1. The third-order valence-electron chi connectivity index (χ3n) is 8.24. The van der Waals surface area contributed by atoms with Crippen LogP contribution in [0.3, 0.4) is 0 Å². The monoisotopic (exact) mass is 642 g/mol. The molecule has 3 aliphatic rings.